The number of nitrogens with zero attached hydrogens (tertiary/aromatic N) is 2. The standard InChI is InChI=1S/C21H19BrN4O2/c1-14-12-19(26(25-14)18-5-3-4-17(22)13-18)24-20(27)11-8-15-6-9-16(10-7-15)21(28)23-2/h3-13H,1-2H3,(H,23,28)(H,24,27)/b11-8+. The molecule has 1 aromatic heterocycles. The molecule has 0 saturated heterocycles. The SMILES string of the molecule is CNC(=O)c1ccc(/C=C/C(=O)Nc2cc(C)nn2-c2cccc(Br)c2)cc1. The Bertz CT molecular complexity index is 1040. The van der Waals surface area contributed by atoms with Gasteiger partial charge in [-0.1, -0.05) is 34.1 Å². The molecule has 2 amide bonds. The van der Waals surface area contributed by atoms with Gasteiger partial charge in [0.1, 0.15) is 5.82 Å². The summed E-state index contributed by atoms with van der Waals surface area (Å²) in [5.74, 6) is 0.163. The summed E-state index contributed by atoms with van der Waals surface area (Å²) in [5.41, 5.74) is 3.02. The van der Waals surface area contributed by atoms with Crippen molar-refractivity contribution in [3.8, 4) is 5.69 Å². The monoisotopic (exact) mass is 438 g/mol. The van der Waals surface area contributed by atoms with Crippen molar-refractivity contribution in [2.24, 2.45) is 0 Å². The highest BCUT2D eigenvalue weighted by atomic mass is 79.9. The van der Waals surface area contributed by atoms with Crippen LogP contribution in [0.3, 0.4) is 0 Å². The van der Waals surface area contributed by atoms with Crippen molar-refractivity contribution in [3.05, 3.63) is 82.0 Å². The Morgan fingerprint density at radius 2 is 1.86 bits per heavy atom. The van der Waals surface area contributed by atoms with Gasteiger partial charge in [-0.15, -0.1) is 0 Å². The number of anilines is 1. The first-order valence-corrected chi connectivity index (χ1v) is 9.39. The molecule has 2 aromatic carbocycles. The molecule has 2 N–H and O–H groups in total. The van der Waals surface area contributed by atoms with Crippen LogP contribution in [-0.2, 0) is 4.79 Å². The van der Waals surface area contributed by atoms with E-state index in [-0.39, 0.29) is 11.8 Å². The van der Waals surface area contributed by atoms with E-state index < -0.39 is 0 Å². The number of hydrogen-bond acceptors (Lipinski definition) is 3. The van der Waals surface area contributed by atoms with Crippen LogP contribution in [0.4, 0.5) is 5.82 Å². The van der Waals surface area contributed by atoms with E-state index >= 15 is 0 Å². The van der Waals surface area contributed by atoms with Gasteiger partial charge in [0.25, 0.3) is 5.91 Å². The first kappa shape index (κ1) is 19.6. The highest BCUT2D eigenvalue weighted by Crippen LogP contribution is 2.20. The van der Waals surface area contributed by atoms with Gasteiger partial charge in [-0.25, -0.2) is 4.68 Å². The number of amides is 2. The molecule has 3 rings (SSSR count). The molecule has 0 radical (unpaired) electrons. The molecule has 28 heavy (non-hydrogen) atoms. The minimum atomic E-state index is -0.272. The topological polar surface area (TPSA) is 76.0 Å². The molecule has 0 fully saturated rings. The normalized spacial score (nSPS) is 10.8. The van der Waals surface area contributed by atoms with Crippen molar-refractivity contribution in [2.45, 2.75) is 6.92 Å². The van der Waals surface area contributed by atoms with Crippen molar-refractivity contribution < 1.29 is 9.59 Å². The van der Waals surface area contributed by atoms with Crippen LogP contribution in [0.15, 0.2) is 65.1 Å². The number of nitrogens with one attached hydrogen (secondary N) is 2. The van der Waals surface area contributed by atoms with Crippen LogP contribution >= 0.6 is 15.9 Å². The minimum Gasteiger partial charge on any atom is -0.355 e. The summed E-state index contributed by atoms with van der Waals surface area (Å²) < 4.78 is 2.61. The maximum Gasteiger partial charge on any atom is 0.251 e. The Balaban J connectivity index is 1.73. The zero-order valence-corrected chi connectivity index (χ0v) is 17.0. The van der Waals surface area contributed by atoms with E-state index in [9.17, 15) is 9.59 Å². The molecular formula is C21H19BrN4O2. The molecule has 0 unspecified atom stereocenters. The maximum absolute atomic E-state index is 12.4. The molecule has 0 atom stereocenters. The fourth-order valence-corrected chi connectivity index (χ4v) is 3.01. The average Bonchev–Trinajstić information content (AvgIpc) is 3.06. The molecule has 7 heteroatoms. The summed E-state index contributed by atoms with van der Waals surface area (Å²) in [5, 5.41) is 9.87. The smallest absolute Gasteiger partial charge is 0.251 e. The van der Waals surface area contributed by atoms with Gasteiger partial charge >= 0.3 is 0 Å². The third kappa shape index (κ3) is 4.75. The predicted molar refractivity (Wildman–Crippen MR) is 113 cm³/mol. The minimum absolute atomic E-state index is 0.149. The van der Waals surface area contributed by atoms with Crippen LogP contribution < -0.4 is 10.6 Å². The molecule has 6 nitrogen and oxygen atoms in total. The van der Waals surface area contributed by atoms with E-state index in [0.717, 1.165) is 21.4 Å². The first-order valence-electron chi connectivity index (χ1n) is 8.60. The Labute approximate surface area is 171 Å². The lowest BCUT2D eigenvalue weighted by molar-refractivity contribution is -0.111. The molecule has 3 aromatic rings. The van der Waals surface area contributed by atoms with E-state index in [1.54, 1.807) is 42.1 Å². The average molecular weight is 439 g/mol. The van der Waals surface area contributed by atoms with Gasteiger partial charge in [-0.05, 0) is 48.9 Å². The van der Waals surface area contributed by atoms with E-state index in [1.165, 1.54) is 6.08 Å². The number of carbonyl (C=O) groups is 2. The second-order valence-electron chi connectivity index (χ2n) is 6.09. The van der Waals surface area contributed by atoms with Crippen LogP contribution in [0, 0.1) is 6.92 Å². The molecule has 0 bridgehead atoms. The van der Waals surface area contributed by atoms with Gasteiger partial charge in [-0.2, -0.15) is 5.10 Å². The lowest BCUT2D eigenvalue weighted by atomic mass is 10.1. The maximum atomic E-state index is 12.4. The Morgan fingerprint density at radius 1 is 1.11 bits per heavy atom. The molecule has 1 heterocycles. The van der Waals surface area contributed by atoms with Crippen LogP contribution in [0.5, 0.6) is 0 Å². The molecular weight excluding hydrogens is 420 g/mol. The van der Waals surface area contributed by atoms with Gasteiger partial charge < -0.3 is 10.6 Å². The summed E-state index contributed by atoms with van der Waals surface area (Å²) in [4.78, 5) is 23.9. The van der Waals surface area contributed by atoms with Gasteiger partial charge in [0.05, 0.1) is 11.4 Å². The van der Waals surface area contributed by atoms with Crippen molar-refractivity contribution in [1.82, 2.24) is 15.1 Å². The third-order valence-electron chi connectivity index (χ3n) is 3.96. The summed E-state index contributed by atoms with van der Waals surface area (Å²) in [7, 11) is 1.58. The summed E-state index contributed by atoms with van der Waals surface area (Å²) >= 11 is 3.45. The summed E-state index contributed by atoms with van der Waals surface area (Å²) in [6.45, 7) is 1.87. The van der Waals surface area contributed by atoms with Gasteiger partial charge in [-0.3, -0.25) is 9.59 Å². The fourth-order valence-electron chi connectivity index (χ4n) is 2.62. The number of carbonyl (C=O) groups excluding carboxylic acids is 2. The molecule has 0 aliphatic rings. The number of halogens is 1. The Hall–Kier alpha value is -3.19. The van der Waals surface area contributed by atoms with Gasteiger partial charge in [0.2, 0.25) is 5.91 Å². The Morgan fingerprint density at radius 3 is 2.54 bits per heavy atom. The van der Waals surface area contributed by atoms with Crippen LogP contribution in [-0.4, -0.2) is 28.6 Å². The third-order valence-corrected chi connectivity index (χ3v) is 4.46. The molecule has 0 spiro atoms. The van der Waals surface area contributed by atoms with Gasteiger partial charge in [0.15, 0.2) is 0 Å². The number of aryl methyl sites for hydroxylation is 1. The van der Waals surface area contributed by atoms with Crippen LogP contribution in [0.25, 0.3) is 11.8 Å². The van der Waals surface area contributed by atoms with Gasteiger partial charge in [0, 0.05) is 29.2 Å². The largest absolute Gasteiger partial charge is 0.355 e. The van der Waals surface area contributed by atoms with E-state index in [0.29, 0.717) is 11.4 Å². The molecule has 0 aliphatic heterocycles. The number of hydrogen-bond donors (Lipinski definition) is 2. The fraction of sp³-hybridized carbons (Fsp3) is 0.0952. The van der Waals surface area contributed by atoms with Crippen molar-refractivity contribution in [3.63, 3.8) is 0 Å². The summed E-state index contributed by atoms with van der Waals surface area (Å²) in [6.07, 6.45) is 3.14. The second-order valence-corrected chi connectivity index (χ2v) is 7.00. The molecule has 0 saturated carbocycles. The van der Waals surface area contributed by atoms with E-state index in [2.05, 4.69) is 31.7 Å². The highest BCUT2D eigenvalue weighted by Gasteiger charge is 2.10. The van der Waals surface area contributed by atoms with Crippen molar-refractivity contribution in [1.29, 1.82) is 0 Å². The molecule has 0 aliphatic carbocycles. The zero-order valence-electron chi connectivity index (χ0n) is 15.4. The zero-order chi connectivity index (χ0) is 20.1. The molecule has 142 valence electrons. The highest BCUT2D eigenvalue weighted by molar-refractivity contribution is 9.10. The summed E-state index contributed by atoms with van der Waals surface area (Å²) in [6, 6.07) is 16.5. The number of rotatable bonds is 5. The number of benzene rings is 2. The quantitative estimate of drug-likeness (QED) is 0.591. The predicted octanol–water partition coefficient (Wildman–Crippen LogP) is 3.95. The lowest BCUT2D eigenvalue weighted by Gasteiger charge is -2.08. The lowest BCUT2D eigenvalue weighted by Crippen LogP contribution is -2.17. The van der Waals surface area contributed by atoms with Crippen molar-refractivity contribution in [2.75, 3.05) is 12.4 Å². The Kier molecular flexibility index (Phi) is 6.06. The van der Waals surface area contributed by atoms with E-state index in [4.69, 9.17) is 0 Å². The number of aromatic nitrogens is 2. The van der Waals surface area contributed by atoms with E-state index in [1.807, 2.05) is 37.3 Å². The van der Waals surface area contributed by atoms with Crippen LogP contribution in [0.2, 0.25) is 0 Å². The first-order chi connectivity index (χ1) is 13.5. The van der Waals surface area contributed by atoms with Crippen LogP contribution in [0.1, 0.15) is 21.6 Å². The van der Waals surface area contributed by atoms with Crippen molar-refractivity contribution >= 4 is 39.6 Å². The second kappa shape index (κ2) is 8.67.